The number of anilines is 1. The number of hydrogen-bond donors (Lipinski definition) is 1. The maximum Gasteiger partial charge on any atom is 0.180 e. The Labute approximate surface area is 97.9 Å². The van der Waals surface area contributed by atoms with E-state index in [0.717, 1.165) is 10.8 Å². The fourth-order valence-electron chi connectivity index (χ4n) is 1.60. The summed E-state index contributed by atoms with van der Waals surface area (Å²) in [4.78, 5) is 4.00. The van der Waals surface area contributed by atoms with Gasteiger partial charge in [-0.25, -0.2) is 4.98 Å². The first-order valence-corrected chi connectivity index (χ1v) is 5.01. The zero-order valence-electron chi connectivity index (χ0n) is 8.95. The Morgan fingerprint density at radius 3 is 2.62 bits per heavy atom. The van der Waals surface area contributed by atoms with Crippen LogP contribution in [-0.4, -0.2) is 19.2 Å². The lowest BCUT2D eigenvalue weighted by atomic mass is 10.1. The van der Waals surface area contributed by atoms with Gasteiger partial charge in [0.2, 0.25) is 0 Å². The van der Waals surface area contributed by atoms with E-state index < -0.39 is 0 Å². The summed E-state index contributed by atoms with van der Waals surface area (Å²) in [5.41, 5.74) is 5.77. The molecule has 0 bridgehead atoms. The lowest BCUT2D eigenvalue weighted by Gasteiger charge is -2.12. The van der Waals surface area contributed by atoms with Gasteiger partial charge in [-0.1, -0.05) is 11.6 Å². The van der Waals surface area contributed by atoms with Crippen molar-refractivity contribution in [3.63, 3.8) is 0 Å². The molecular formula is C11H11ClN2O2. The van der Waals surface area contributed by atoms with E-state index in [0.29, 0.717) is 22.3 Å². The van der Waals surface area contributed by atoms with Crippen molar-refractivity contribution < 1.29 is 9.47 Å². The molecule has 2 rings (SSSR count). The summed E-state index contributed by atoms with van der Waals surface area (Å²) in [5, 5.41) is 2.03. The largest absolute Gasteiger partial charge is 0.493 e. The van der Waals surface area contributed by atoms with Gasteiger partial charge in [0.05, 0.1) is 19.2 Å². The van der Waals surface area contributed by atoms with Gasteiger partial charge in [-0.05, 0) is 12.1 Å². The highest BCUT2D eigenvalue weighted by atomic mass is 35.5. The highest BCUT2D eigenvalue weighted by molar-refractivity contribution is 6.37. The van der Waals surface area contributed by atoms with Crippen LogP contribution in [0.4, 0.5) is 5.82 Å². The molecule has 2 N–H and O–H groups in total. The first-order chi connectivity index (χ1) is 7.69. The maximum absolute atomic E-state index is 6.21. The second kappa shape index (κ2) is 4.06. The number of nitrogens with zero attached hydrogens (tertiary/aromatic N) is 1. The minimum Gasteiger partial charge on any atom is -0.493 e. The molecule has 0 aliphatic carbocycles. The fraction of sp³-hybridized carbons (Fsp3) is 0.182. The highest BCUT2D eigenvalue weighted by Gasteiger charge is 2.14. The third-order valence-corrected chi connectivity index (χ3v) is 2.76. The smallest absolute Gasteiger partial charge is 0.180 e. The van der Waals surface area contributed by atoms with Gasteiger partial charge >= 0.3 is 0 Å². The number of hydrogen-bond acceptors (Lipinski definition) is 4. The van der Waals surface area contributed by atoms with Gasteiger partial charge in [-0.3, -0.25) is 0 Å². The van der Waals surface area contributed by atoms with Gasteiger partial charge < -0.3 is 15.2 Å². The van der Waals surface area contributed by atoms with E-state index >= 15 is 0 Å². The van der Waals surface area contributed by atoms with Crippen LogP contribution in [0.2, 0.25) is 5.02 Å². The average Bonchev–Trinajstić information content (AvgIpc) is 2.30. The van der Waals surface area contributed by atoms with Gasteiger partial charge in [0.25, 0.3) is 0 Å². The van der Waals surface area contributed by atoms with E-state index in [1.807, 2.05) is 0 Å². The Morgan fingerprint density at radius 2 is 2.00 bits per heavy atom. The fourth-order valence-corrected chi connectivity index (χ4v) is 1.94. The Bertz CT molecular complexity index is 543. The second-order valence-corrected chi connectivity index (χ2v) is 3.60. The van der Waals surface area contributed by atoms with Crippen LogP contribution in [0.25, 0.3) is 10.8 Å². The lowest BCUT2D eigenvalue weighted by Crippen LogP contribution is -1.95. The molecule has 0 aliphatic heterocycles. The molecular weight excluding hydrogens is 228 g/mol. The summed E-state index contributed by atoms with van der Waals surface area (Å²) in [6, 6.07) is 3.55. The van der Waals surface area contributed by atoms with Crippen LogP contribution in [-0.2, 0) is 0 Å². The predicted molar refractivity (Wildman–Crippen MR) is 64.3 cm³/mol. The predicted octanol–water partition coefficient (Wildman–Crippen LogP) is 2.49. The van der Waals surface area contributed by atoms with Crippen molar-refractivity contribution >= 4 is 28.2 Å². The zero-order chi connectivity index (χ0) is 11.7. The maximum atomic E-state index is 6.21. The number of aromatic nitrogens is 1. The quantitative estimate of drug-likeness (QED) is 0.873. The van der Waals surface area contributed by atoms with Gasteiger partial charge in [0.15, 0.2) is 11.5 Å². The molecule has 0 unspecified atom stereocenters. The van der Waals surface area contributed by atoms with E-state index in [1.165, 1.54) is 0 Å². The average molecular weight is 239 g/mol. The van der Waals surface area contributed by atoms with Crippen LogP contribution >= 0.6 is 11.6 Å². The Hall–Kier alpha value is -1.68. The molecule has 2 aromatic rings. The molecule has 1 heterocycles. The molecule has 4 nitrogen and oxygen atoms in total. The van der Waals surface area contributed by atoms with Crippen LogP contribution in [0.3, 0.4) is 0 Å². The molecule has 0 fully saturated rings. The lowest BCUT2D eigenvalue weighted by molar-refractivity contribution is 0.356. The van der Waals surface area contributed by atoms with Crippen LogP contribution < -0.4 is 15.2 Å². The number of rotatable bonds is 2. The summed E-state index contributed by atoms with van der Waals surface area (Å²) >= 11 is 6.21. The number of benzene rings is 1. The topological polar surface area (TPSA) is 57.4 Å². The van der Waals surface area contributed by atoms with Crippen molar-refractivity contribution in [3.8, 4) is 11.5 Å². The summed E-state index contributed by atoms with van der Waals surface area (Å²) in [7, 11) is 3.09. The molecule has 0 saturated heterocycles. The highest BCUT2D eigenvalue weighted by Crippen LogP contribution is 2.41. The molecule has 0 radical (unpaired) electrons. The SMILES string of the molecule is COc1cc2c(N)nccc2c(Cl)c1OC. The molecule has 1 aromatic heterocycles. The molecule has 0 aliphatic rings. The van der Waals surface area contributed by atoms with E-state index in [9.17, 15) is 0 Å². The van der Waals surface area contributed by atoms with Crippen molar-refractivity contribution in [1.82, 2.24) is 4.98 Å². The first kappa shape index (κ1) is 10.8. The molecule has 84 valence electrons. The minimum absolute atomic E-state index is 0.417. The molecule has 0 spiro atoms. The first-order valence-electron chi connectivity index (χ1n) is 4.63. The van der Waals surface area contributed by atoms with Gasteiger partial charge in [-0.15, -0.1) is 0 Å². The van der Waals surface area contributed by atoms with Crippen LogP contribution in [0.15, 0.2) is 18.3 Å². The summed E-state index contributed by atoms with van der Waals surface area (Å²) in [6.07, 6.45) is 1.61. The number of methoxy groups -OCH3 is 2. The standard InChI is InChI=1S/C11H11ClN2O2/c1-15-8-5-7-6(3-4-14-11(7)13)9(12)10(8)16-2/h3-5H,1-2H3,(H2,13,14). The van der Waals surface area contributed by atoms with Gasteiger partial charge in [-0.2, -0.15) is 0 Å². The number of nitrogens with two attached hydrogens (primary N) is 1. The van der Waals surface area contributed by atoms with Gasteiger partial charge in [0.1, 0.15) is 5.82 Å². The normalized spacial score (nSPS) is 10.4. The monoisotopic (exact) mass is 238 g/mol. The van der Waals surface area contributed by atoms with Crippen molar-refractivity contribution in [2.24, 2.45) is 0 Å². The number of pyridine rings is 1. The van der Waals surface area contributed by atoms with Crippen LogP contribution in [0.1, 0.15) is 0 Å². The van der Waals surface area contributed by atoms with E-state index in [-0.39, 0.29) is 0 Å². The molecule has 0 saturated carbocycles. The van der Waals surface area contributed by atoms with Crippen molar-refractivity contribution in [1.29, 1.82) is 0 Å². The van der Waals surface area contributed by atoms with Crippen LogP contribution in [0.5, 0.6) is 11.5 Å². The Morgan fingerprint density at radius 1 is 1.25 bits per heavy atom. The number of nitrogen functional groups attached to an aromatic ring is 1. The van der Waals surface area contributed by atoms with Gasteiger partial charge in [0, 0.05) is 17.0 Å². The minimum atomic E-state index is 0.417. The number of halogens is 1. The Balaban J connectivity index is 2.87. The molecule has 5 heteroatoms. The molecule has 0 amide bonds. The Kier molecular flexibility index (Phi) is 2.75. The van der Waals surface area contributed by atoms with Crippen LogP contribution in [0, 0.1) is 0 Å². The summed E-state index contributed by atoms with van der Waals surface area (Å²) in [5.74, 6) is 1.46. The summed E-state index contributed by atoms with van der Waals surface area (Å²) < 4.78 is 10.4. The van der Waals surface area contributed by atoms with E-state index in [2.05, 4.69) is 4.98 Å². The van der Waals surface area contributed by atoms with E-state index in [1.54, 1.807) is 32.5 Å². The molecule has 16 heavy (non-hydrogen) atoms. The van der Waals surface area contributed by atoms with Crippen molar-refractivity contribution in [2.75, 3.05) is 20.0 Å². The third-order valence-electron chi connectivity index (χ3n) is 2.38. The zero-order valence-corrected chi connectivity index (χ0v) is 9.71. The third kappa shape index (κ3) is 1.51. The number of ether oxygens (including phenoxy) is 2. The summed E-state index contributed by atoms with van der Waals surface area (Å²) in [6.45, 7) is 0. The second-order valence-electron chi connectivity index (χ2n) is 3.22. The number of fused-ring (bicyclic) bond motifs is 1. The molecule has 1 aromatic carbocycles. The van der Waals surface area contributed by atoms with E-state index in [4.69, 9.17) is 26.8 Å². The van der Waals surface area contributed by atoms with Crippen molar-refractivity contribution in [2.45, 2.75) is 0 Å². The van der Waals surface area contributed by atoms with Crippen molar-refractivity contribution in [3.05, 3.63) is 23.4 Å². The molecule has 0 atom stereocenters.